The van der Waals surface area contributed by atoms with Crippen molar-refractivity contribution in [2.45, 2.75) is 30.7 Å². The molecule has 3 aliphatic heterocycles. The molecule has 10 heteroatoms. The summed E-state index contributed by atoms with van der Waals surface area (Å²) in [6.07, 6.45) is 2.31. The van der Waals surface area contributed by atoms with Crippen LogP contribution in [0.2, 0.25) is 0 Å². The van der Waals surface area contributed by atoms with Crippen molar-refractivity contribution in [2.75, 3.05) is 19.6 Å². The quantitative estimate of drug-likeness (QED) is 0.558. The minimum absolute atomic E-state index is 0.0373. The third-order valence-electron chi connectivity index (χ3n) is 5.94. The van der Waals surface area contributed by atoms with Crippen LogP contribution in [0.5, 0.6) is 0 Å². The van der Waals surface area contributed by atoms with Crippen molar-refractivity contribution in [1.82, 2.24) is 20.4 Å². The Labute approximate surface area is 192 Å². The molecule has 174 valence electrons. The van der Waals surface area contributed by atoms with Gasteiger partial charge < -0.3 is 14.7 Å². The third kappa shape index (κ3) is 5.84. The molecule has 4 heterocycles. The minimum atomic E-state index is -4.02. The van der Waals surface area contributed by atoms with E-state index in [2.05, 4.69) is 20.4 Å². The summed E-state index contributed by atoms with van der Waals surface area (Å²) in [6.45, 7) is 5.06. The first-order valence-corrected chi connectivity index (χ1v) is 12.2. The molecular weight excluding hydrogens is 444 g/mol. The Balaban J connectivity index is 0.000000200. The maximum atomic E-state index is 12.3. The molecule has 2 aromatic carbocycles. The fourth-order valence-electron chi connectivity index (χ4n) is 4.09. The lowest BCUT2D eigenvalue weighted by Gasteiger charge is -2.44. The molecule has 0 saturated carbocycles. The highest BCUT2D eigenvalue weighted by molar-refractivity contribution is 7.85. The molecule has 0 aliphatic carbocycles. The van der Waals surface area contributed by atoms with E-state index in [4.69, 9.17) is 9.08 Å². The molecule has 9 nitrogen and oxygen atoms in total. The van der Waals surface area contributed by atoms with Crippen LogP contribution >= 0.6 is 0 Å². The molecule has 33 heavy (non-hydrogen) atoms. The average Bonchev–Trinajstić information content (AvgIpc) is 3.31. The standard InChI is InChI=1S/C16H18N4O2.C7H8O3S/c21-15(17-13-10-20-8-6-11(13)7-9-20)16-18-14(19-22-16)12-4-2-1-3-5-12;1-6-2-4-7(5-3-6)11(8,9)10/h1-5,11,13H,6-10H2,(H,17,21);2-5H,1H3,(H,8,9,10)/t13-;/m0./s1. The molecule has 0 spiro atoms. The van der Waals surface area contributed by atoms with Gasteiger partial charge in [0.1, 0.15) is 0 Å². The summed E-state index contributed by atoms with van der Waals surface area (Å²) in [5.74, 6) is 0.786. The number of aromatic nitrogens is 2. The molecular formula is C23H26N4O5S. The van der Waals surface area contributed by atoms with Gasteiger partial charge in [0.25, 0.3) is 10.1 Å². The molecule has 6 rings (SSSR count). The number of benzene rings is 2. The van der Waals surface area contributed by atoms with E-state index in [0.29, 0.717) is 11.7 Å². The molecule has 0 radical (unpaired) electrons. The van der Waals surface area contributed by atoms with Crippen LogP contribution < -0.4 is 5.32 Å². The van der Waals surface area contributed by atoms with Crippen molar-refractivity contribution < 1.29 is 22.3 Å². The fourth-order valence-corrected chi connectivity index (χ4v) is 4.57. The lowest BCUT2D eigenvalue weighted by atomic mass is 9.84. The van der Waals surface area contributed by atoms with E-state index >= 15 is 0 Å². The van der Waals surface area contributed by atoms with E-state index in [1.807, 2.05) is 37.3 Å². The van der Waals surface area contributed by atoms with Crippen molar-refractivity contribution >= 4 is 16.0 Å². The van der Waals surface area contributed by atoms with Crippen LogP contribution in [0.15, 0.2) is 64.0 Å². The van der Waals surface area contributed by atoms with Crippen LogP contribution in [-0.2, 0) is 10.1 Å². The number of amides is 1. The van der Waals surface area contributed by atoms with E-state index in [1.165, 1.54) is 12.1 Å². The second-order valence-electron chi connectivity index (χ2n) is 8.30. The van der Waals surface area contributed by atoms with Crippen LogP contribution in [0.4, 0.5) is 0 Å². The Hall–Kier alpha value is -3.08. The van der Waals surface area contributed by atoms with Gasteiger partial charge in [0.05, 0.1) is 4.90 Å². The van der Waals surface area contributed by atoms with E-state index < -0.39 is 10.1 Å². The summed E-state index contributed by atoms with van der Waals surface area (Å²) in [6, 6.07) is 15.7. The molecule has 2 bridgehead atoms. The molecule has 1 aromatic heterocycles. The summed E-state index contributed by atoms with van der Waals surface area (Å²) in [5.41, 5.74) is 1.80. The first-order chi connectivity index (χ1) is 15.8. The third-order valence-corrected chi connectivity index (χ3v) is 6.81. The highest BCUT2D eigenvalue weighted by Gasteiger charge is 2.35. The topological polar surface area (TPSA) is 126 Å². The van der Waals surface area contributed by atoms with Crippen molar-refractivity contribution in [2.24, 2.45) is 5.92 Å². The fraction of sp³-hybridized carbons (Fsp3) is 0.348. The monoisotopic (exact) mass is 470 g/mol. The van der Waals surface area contributed by atoms with Gasteiger partial charge in [0.2, 0.25) is 5.82 Å². The summed E-state index contributed by atoms with van der Waals surface area (Å²) in [4.78, 5) is 18.8. The number of hydrogen-bond acceptors (Lipinski definition) is 7. The maximum Gasteiger partial charge on any atom is 0.316 e. The summed E-state index contributed by atoms with van der Waals surface area (Å²) >= 11 is 0. The number of aryl methyl sites for hydroxylation is 1. The van der Waals surface area contributed by atoms with Gasteiger partial charge in [0, 0.05) is 18.2 Å². The summed E-state index contributed by atoms with van der Waals surface area (Å²) < 4.78 is 34.7. The van der Waals surface area contributed by atoms with Crippen LogP contribution in [0, 0.1) is 12.8 Å². The van der Waals surface area contributed by atoms with Crippen molar-refractivity contribution in [1.29, 1.82) is 0 Å². The second kappa shape index (κ2) is 9.82. The Morgan fingerprint density at radius 1 is 1.09 bits per heavy atom. The highest BCUT2D eigenvalue weighted by Crippen LogP contribution is 2.27. The molecule has 0 unspecified atom stereocenters. The van der Waals surface area contributed by atoms with E-state index in [1.54, 1.807) is 12.1 Å². The van der Waals surface area contributed by atoms with Crippen molar-refractivity contribution in [3.63, 3.8) is 0 Å². The first-order valence-electron chi connectivity index (χ1n) is 10.8. The van der Waals surface area contributed by atoms with E-state index in [9.17, 15) is 13.2 Å². The predicted molar refractivity (Wildman–Crippen MR) is 121 cm³/mol. The van der Waals surface area contributed by atoms with Gasteiger partial charge in [-0.3, -0.25) is 9.35 Å². The van der Waals surface area contributed by atoms with Crippen molar-refractivity contribution in [3.05, 3.63) is 66.1 Å². The number of fused-ring (bicyclic) bond motifs is 3. The minimum Gasteiger partial charge on any atom is -0.344 e. The molecule has 3 aromatic rings. The van der Waals surface area contributed by atoms with Gasteiger partial charge in [-0.15, -0.1) is 0 Å². The number of carbonyl (C=O) groups is 1. The van der Waals surface area contributed by atoms with Crippen LogP contribution in [0.1, 0.15) is 29.1 Å². The number of hydrogen-bond donors (Lipinski definition) is 2. The number of nitrogens with one attached hydrogen (secondary N) is 1. The lowest BCUT2D eigenvalue weighted by Crippen LogP contribution is -2.57. The Morgan fingerprint density at radius 2 is 1.76 bits per heavy atom. The number of nitrogens with zero attached hydrogens (tertiary/aromatic N) is 3. The molecule has 3 fully saturated rings. The molecule has 3 aliphatic rings. The molecule has 1 atom stereocenters. The van der Waals surface area contributed by atoms with Crippen LogP contribution in [0.3, 0.4) is 0 Å². The Bertz CT molecular complexity index is 1190. The normalized spacial score (nSPS) is 21.7. The SMILES string of the molecule is Cc1ccc(S(=O)(=O)O)cc1.O=C(N[C@H]1CN2CCC1CC2)c1nc(-c2ccccc2)no1. The van der Waals surface area contributed by atoms with Crippen molar-refractivity contribution in [3.8, 4) is 11.4 Å². The Morgan fingerprint density at radius 3 is 2.33 bits per heavy atom. The zero-order valence-corrected chi connectivity index (χ0v) is 19.0. The van der Waals surface area contributed by atoms with Gasteiger partial charge in [0.15, 0.2) is 0 Å². The smallest absolute Gasteiger partial charge is 0.316 e. The van der Waals surface area contributed by atoms with E-state index in [-0.39, 0.29) is 22.7 Å². The maximum absolute atomic E-state index is 12.3. The number of rotatable bonds is 4. The van der Waals surface area contributed by atoms with E-state index in [0.717, 1.165) is 43.6 Å². The lowest BCUT2D eigenvalue weighted by molar-refractivity contribution is 0.0597. The average molecular weight is 471 g/mol. The Kier molecular flexibility index (Phi) is 6.87. The van der Waals surface area contributed by atoms with Gasteiger partial charge in [-0.05, 0) is 50.9 Å². The number of piperidine rings is 3. The summed E-state index contributed by atoms with van der Waals surface area (Å²) in [7, 11) is -4.02. The largest absolute Gasteiger partial charge is 0.344 e. The van der Waals surface area contributed by atoms with Gasteiger partial charge in [-0.25, -0.2) is 0 Å². The van der Waals surface area contributed by atoms with Gasteiger partial charge in [-0.2, -0.15) is 13.4 Å². The van der Waals surface area contributed by atoms with Crippen LogP contribution in [0.25, 0.3) is 11.4 Å². The number of carbonyl (C=O) groups excluding carboxylic acids is 1. The zero-order valence-electron chi connectivity index (χ0n) is 18.2. The highest BCUT2D eigenvalue weighted by atomic mass is 32.2. The molecule has 2 N–H and O–H groups in total. The summed E-state index contributed by atoms with van der Waals surface area (Å²) in [5, 5.41) is 6.95. The molecule has 1 amide bonds. The van der Waals surface area contributed by atoms with Gasteiger partial charge in [-0.1, -0.05) is 53.2 Å². The van der Waals surface area contributed by atoms with Crippen LogP contribution in [-0.4, -0.2) is 59.6 Å². The first kappa shape index (κ1) is 23.1. The van der Waals surface area contributed by atoms with Gasteiger partial charge >= 0.3 is 11.8 Å². The predicted octanol–water partition coefficient (Wildman–Crippen LogP) is 2.80. The second-order valence-corrected chi connectivity index (χ2v) is 9.72. The zero-order chi connectivity index (χ0) is 23.4. The molecule has 3 saturated heterocycles.